The van der Waals surface area contributed by atoms with Gasteiger partial charge in [0, 0.05) is 18.3 Å². The number of aromatic nitrogens is 2. The maximum atomic E-state index is 14.8. The lowest BCUT2D eigenvalue weighted by atomic mass is 9.90. The summed E-state index contributed by atoms with van der Waals surface area (Å²) in [4.78, 5) is 13.6. The first-order chi connectivity index (χ1) is 16.9. The van der Waals surface area contributed by atoms with Gasteiger partial charge in [-0.2, -0.15) is 18.2 Å². The molecule has 3 heterocycles. The van der Waals surface area contributed by atoms with Gasteiger partial charge in [-0.3, -0.25) is 4.84 Å². The molecule has 0 amide bonds. The Kier molecular flexibility index (Phi) is 6.57. The van der Waals surface area contributed by atoms with Crippen LogP contribution in [0.15, 0.2) is 54.7 Å². The highest BCUT2D eigenvalue weighted by atomic mass is 19.4. The topological polar surface area (TPSA) is 62.3 Å². The molecule has 184 valence electrons. The van der Waals surface area contributed by atoms with E-state index in [4.69, 9.17) is 4.84 Å². The highest BCUT2D eigenvalue weighted by Gasteiger charge is 2.40. The number of hydrogen-bond acceptors (Lipinski definition) is 6. The lowest BCUT2D eigenvalue weighted by molar-refractivity contribution is -0.138. The third-order valence-corrected chi connectivity index (χ3v) is 6.41. The van der Waals surface area contributed by atoms with Crippen molar-refractivity contribution in [3.8, 4) is 0 Å². The smallest absolute Gasteiger partial charge is 0.324 e. The molecule has 10 heteroatoms. The summed E-state index contributed by atoms with van der Waals surface area (Å²) < 4.78 is 56.3. The number of piperidine rings is 1. The van der Waals surface area contributed by atoms with E-state index < -0.39 is 17.8 Å². The van der Waals surface area contributed by atoms with Crippen LogP contribution in [-0.2, 0) is 11.0 Å². The van der Waals surface area contributed by atoms with E-state index in [9.17, 15) is 17.6 Å². The van der Waals surface area contributed by atoms with Crippen LogP contribution in [-0.4, -0.2) is 29.7 Å². The number of hydroxylamine groups is 1. The van der Waals surface area contributed by atoms with Crippen LogP contribution in [0.4, 0.5) is 35.0 Å². The number of benzene rings is 2. The van der Waals surface area contributed by atoms with Gasteiger partial charge in [0.2, 0.25) is 5.95 Å². The second-order valence-electron chi connectivity index (χ2n) is 8.69. The summed E-state index contributed by atoms with van der Waals surface area (Å²) in [5.74, 6) is -0.681. The first-order valence-electron chi connectivity index (χ1n) is 11.6. The Balaban J connectivity index is 1.44. The van der Waals surface area contributed by atoms with Crippen LogP contribution in [0.25, 0.3) is 0 Å². The molecule has 1 aromatic heterocycles. The average Bonchev–Trinajstić information content (AvgIpc) is 3.35. The van der Waals surface area contributed by atoms with Crippen LogP contribution < -0.4 is 15.7 Å². The number of alkyl halides is 3. The summed E-state index contributed by atoms with van der Waals surface area (Å²) >= 11 is 0. The lowest BCUT2D eigenvalue weighted by Crippen LogP contribution is -2.27. The number of hydrogen-bond donors (Lipinski definition) is 2. The minimum absolute atomic E-state index is 0.0793. The fourth-order valence-corrected chi connectivity index (χ4v) is 4.65. The zero-order valence-corrected chi connectivity index (χ0v) is 18.9. The van der Waals surface area contributed by atoms with Gasteiger partial charge in [0.05, 0.1) is 12.6 Å². The van der Waals surface area contributed by atoms with Crippen molar-refractivity contribution in [1.29, 1.82) is 0 Å². The van der Waals surface area contributed by atoms with Gasteiger partial charge in [0.25, 0.3) is 0 Å². The van der Waals surface area contributed by atoms with Crippen LogP contribution in [0.3, 0.4) is 0 Å². The van der Waals surface area contributed by atoms with Gasteiger partial charge in [-0.05, 0) is 55.1 Å². The maximum absolute atomic E-state index is 14.8. The van der Waals surface area contributed by atoms with Crippen molar-refractivity contribution in [2.24, 2.45) is 0 Å². The van der Waals surface area contributed by atoms with Crippen LogP contribution >= 0.6 is 0 Å². The molecule has 0 spiro atoms. The molecular formula is C25H25F4N5O. The van der Waals surface area contributed by atoms with E-state index in [0.717, 1.165) is 37.7 Å². The third-order valence-electron chi connectivity index (χ3n) is 6.41. The van der Waals surface area contributed by atoms with Gasteiger partial charge in [-0.15, -0.1) is 0 Å². The van der Waals surface area contributed by atoms with Crippen molar-refractivity contribution in [2.45, 2.75) is 37.4 Å². The number of anilines is 3. The van der Waals surface area contributed by atoms with Gasteiger partial charge < -0.3 is 10.6 Å². The molecule has 6 nitrogen and oxygen atoms in total. The van der Waals surface area contributed by atoms with Gasteiger partial charge in [-0.25, -0.2) is 14.4 Å². The van der Waals surface area contributed by atoms with Crippen molar-refractivity contribution in [3.63, 3.8) is 0 Å². The normalized spacial score (nSPS) is 19.2. The van der Waals surface area contributed by atoms with Crippen molar-refractivity contribution in [3.05, 3.63) is 77.2 Å². The number of nitrogens with one attached hydrogen (secondary N) is 2. The Labute approximate surface area is 200 Å². The maximum Gasteiger partial charge on any atom is 0.421 e. The second kappa shape index (κ2) is 9.79. The highest BCUT2D eigenvalue weighted by Crippen LogP contribution is 2.41. The second-order valence-corrected chi connectivity index (χ2v) is 8.69. The third kappa shape index (κ3) is 5.08. The molecular weight excluding hydrogens is 462 g/mol. The van der Waals surface area contributed by atoms with Crippen molar-refractivity contribution >= 4 is 17.5 Å². The van der Waals surface area contributed by atoms with E-state index in [2.05, 4.69) is 20.6 Å². The minimum atomic E-state index is -4.68. The molecule has 2 saturated heterocycles. The molecule has 2 aliphatic rings. The first-order valence-corrected chi connectivity index (χ1v) is 11.6. The molecule has 0 saturated carbocycles. The monoisotopic (exact) mass is 487 g/mol. The van der Waals surface area contributed by atoms with Crippen molar-refractivity contribution in [2.75, 3.05) is 30.1 Å². The molecule has 5 rings (SSSR count). The average molecular weight is 488 g/mol. The molecule has 35 heavy (non-hydrogen) atoms. The summed E-state index contributed by atoms with van der Waals surface area (Å²) in [6.07, 6.45) is -1.73. The Morgan fingerprint density at radius 1 is 1.03 bits per heavy atom. The molecule has 0 aliphatic carbocycles. The van der Waals surface area contributed by atoms with Gasteiger partial charge >= 0.3 is 6.18 Å². The molecule has 0 bridgehead atoms. The molecule has 3 aromatic rings. The molecule has 2 aromatic carbocycles. The Hall–Kier alpha value is -3.24. The van der Waals surface area contributed by atoms with Crippen LogP contribution in [0.5, 0.6) is 0 Å². The number of halogens is 4. The molecule has 1 unspecified atom stereocenters. The van der Waals surface area contributed by atoms with Crippen molar-refractivity contribution < 1.29 is 22.4 Å². The fourth-order valence-electron chi connectivity index (χ4n) is 4.65. The summed E-state index contributed by atoms with van der Waals surface area (Å²) in [5, 5.41) is 7.31. The zero-order valence-electron chi connectivity index (χ0n) is 18.9. The van der Waals surface area contributed by atoms with E-state index in [1.807, 2.05) is 30.3 Å². The summed E-state index contributed by atoms with van der Waals surface area (Å²) in [6.45, 7) is 1.94. The van der Waals surface area contributed by atoms with Gasteiger partial charge in [-0.1, -0.05) is 36.4 Å². The predicted octanol–water partition coefficient (Wildman–Crippen LogP) is 5.73. The van der Waals surface area contributed by atoms with Crippen LogP contribution in [0.2, 0.25) is 0 Å². The number of nitrogens with zero attached hydrogens (tertiary/aromatic N) is 3. The van der Waals surface area contributed by atoms with E-state index in [0.29, 0.717) is 17.7 Å². The summed E-state index contributed by atoms with van der Waals surface area (Å²) in [5.41, 5.74) is 0.815. The Morgan fingerprint density at radius 3 is 2.51 bits per heavy atom. The fraction of sp³-hybridized carbons (Fsp3) is 0.360. The van der Waals surface area contributed by atoms with Gasteiger partial charge in [0.15, 0.2) is 5.82 Å². The predicted molar refractivity (Wildman–Crippen MR) is 124 cm³/mol. The molecule has 1 atom stereocenters. The minimum Gasteiger partial charge on any atom is -0.324 e. The molecule has 0 radical (unpaired) electrons. The molecule has 2 fully saturated rings. The van der Waals surface area contributed by atoms with E-state index in [1.54, 1.807) is 12.1 Å². The van der Waals surface area contributed by atoms with E-state index in [1.165, 1.54) is 11.1 Å². The van der Waals surface area contributed by atoms with Crippen LogP contribution in [0.1, 0.15) is 47.9 Å². The summed E-state index contributed by atoms with van der Waals surface area (Å²) in [6, 6.07) is 13.5. The Morgan fingerprint density at radius 2 is 1.80 bits per heavy atom. The Bertz CT molecular complexity index is 1170. The van der Waals surface area contributed by atoms with E-state index in [-0.39, 0.29) is 30.1 Å². The molecule has 2 aliphatic heterocycles. The summed E-state index contributed by atoms with van der Waals surface area (Å²) in [7, 11) is 0. The van der Waals surface area contributed by atoms with Crippen LogP contribution in [0, 0.1) is 5.82 Å². The first kappa shape index (κ1) is 23.5. The molecule has 2 N–H and O–H groups in total. The van der Waals surface area contributed by atoms with E-state index >= 15 is 0 Å². The number of rotatable bonds is 5. The standard InChI is InChI=1S/C25H25F4N5O/c26-21-14-18(6-7-19(21)16-8-11-30-12-9-16)32-24-31-15-20(25(27,28)29)23(33-24)34-22(10-13-35-34)17-4-2-1-3-5-17/h1-7,14-16,22,30H,8-13H2,(H,31,32,33). The zero-order chi connectivity index (χ0) is 24.4. The van der Waals surface area contributed by atoms with Crippen molar-refractivity contribution in [1.82, 2.24) is 15.3 Å². The van der Waals surface area contributed by atoms with Gasteiger partial charge in [0.1, 0.15) is 11.4 Å². The highest BCUT2D eigenvalue weighted by molar-refractivity contribution is 5.58. The quantitative estimate of drug-likeness (QED) is 0.449. The lowest BCUT2D eigenvalue weighted by Gasteiger charge is -2.26. The largest absolute Gasteiger partial charge is 0.421 e. The SMILES string of the molecule is Fc1cc(Nc2ncc(C(F)(F)F)c(N3OCCC3c3ccccc3)n2)ccc1C1CCNCC1.